The van der Waals surface area contributed by atoms with E-state index >= 15 is 0 Å². The lowest BCUT2D eigenvalue weighted by Crippen LogP contribution is -2.12. The quantitative estimate of drug-likeness (QED) is 0.440. The Labute approximate surface area is 61.9 Å². The van der Waals surface area contributed by atoms with Crippen LogP contribution in [-0.4, -0.2) is 12.1 Å². The molecule has 0 heterocycles. The summed E-state index contributed by atoms with van der Waals surface area (Å²) in [5.41, 5.74) is 0. The Morgan fingerprint density at radius 2 is 2.40 bits per heavy atom. The van der Waals surface area contributed by atoms with Crippen molar-refractivity contribution in [3.63, 3.8) is 0 Å². The molecule has 0 fully saturated rings. The van der Waals surface area contributed by atoms with Crippen molar-refractivity contribution < 1.29 is 9.53 Å². The van der Waals surface area contributed by atoms with Crippen molar-refractivity contribution in [2.75, 3.05) is 0 Å². The Morgan fingerprint density at radius 1 is 1.80 bits per heavy atom. The molecule has 0 aliphatic rings. The summed E-state index contributed by atoms with van der Waals surface area (Å²) in [5.74, 6) is -0.395. The van der Waals surface area contributed by atoms with Crippen LogP contribution in [0.15, 0.2) is 12.7 Å². The van der Waals surface area contributed by atoms with Crippen LogP contribution in [0.5, 0.6) is 0 Å². The zero-order valence-corrected chi connectivity index (χ0v) is 6.30. The highest BCUT2D eigenvalue weighted by Crippen LogP contribution is 2.00. The third-order valence-electron chi connectivity index (χ3n) is 1.06. The maximum atomic E-state index is 10.5. The van der Waals surface area contributed by atoms with E-state index in [9.17, 15) is 4.79 Å². The highest BCUT2D eigenvalue weighted by atomic mass is 16.5. The number of carbonyl (C=O) groups is 1. The van der Waals surface area contributed by atoms with Crippen LogP contribution >= 0.6 is 0 Å². The van der Waals surface area contributed by atoms with Crippen molar-refractivity contribution in [3.05, 3.63) is 19.6 Å². The Kier molecular flexibility index (Phi) is 4.63. The van der Waals surface area contributed by atoms with Gasteiger partial charge in [0.25, 0.3) is 0 Å². The highest BCUT2D eigenvalue weighted by molar-refractivity contribution is 5.81. The standard InChI is InChI=1S/C8H13O2/c1-4-6-7(3)10-8(9)5-2/h5,7H,2-4,6H2,1H3. The van der Waals surface area contributed by atoms with Crippen molar-refractivity contribution in [1.82, 2.24) is 0 Å². The van der Waals surface area contributed by atoms with E-state index in [4.69, 9.17) is 4.74 Å². The average molecular weight is 141 g/mol. The molecule has 0 aromatic rings. The van der Waals surface area contributed by atoms with Crippen LogP contribution < -0.4 is 0 Å². The fraction of sp³-hybridized carbons (Fsp3) is 0.500. The van der Waals surface area contributed by atoms with Crippen LogP contribution in [0.25, 0.3) is 0 Å². The number of carbonyl (C=O) groups excluding carboxylic acids is 1. The molecule has 10 heavy (non-hydrogen) atoms. The van der Waals surface area contributed by atoms with Gasteiger partial charge in [0, 0.05) is 6.08 Å². The molecule has 0 N–H and O–H groups in total. The molecule has 2 heteroatoms. The normalized spacial score (nSPS) is 12.2. The zero-order chi connectivity index (χ0) is 7.98. The monoisotopic (exact) mass is 141 g/mol. The SMILES string of the molecule is [CH2]C(CCC)OC(=O)C=C. The molecule has 1 radical (unpaired) electrons. The van der Waals surface area contributed by atoms with Gasteiger partial charge in [-0.3, -0.25) is 0 Å². The van der Waals surface area contributed by atoms with E-state index in [0.29, 0.717) is 0 Å². The fourth-order valence-corrected chi connectivity index (χ4v) is 0.593. The van der Waals surface area contributed by atoms with Crippen LogP contribution in [0.3, 0.4) is 0 Å². The van der Waals surface area contributed by atoms with Gasteiger partial charge in [-0.15, -0.1) is 0 Å². The van der Waals surface area contributed by atoms with Gasteiger partial charge >= 0.3 is 5.97 Å². The predicted molar refractivity (Wildman–Crippen MR) is 40.3 cm³/mol. The summed E-state index contributed by atoms with van der Waals surface area (Å²) in [4.78, 5) is 10.5. The second-order valence-electron chi connectivity index (χ2n) is 2.05. The Balaban J connectivity index is 3.46. The maximum absolute atomic E-state index is 10.5. The van der Waals surface area contributed by atoms with Gasteiger partial charge in [0.05, 0.1) is 0 Å². The Bertz CT molecular complexity index is 118. The summed E-state index contributed by atoms with van der Waals surface area (Å²) in [6.45, 7) is 8.91. The molecule has 0 amide bonds. The molecular weight excluding hydrogens is 128 g/mol. The van der Waals surface area contributed by atoms with Crippen LogP contribution in [0, 0.1) is 6.92 Å². The van der Waals surface area contributed by atoms with Crippen LogP contribution in [0.2, 0.25) is 0 Å². The molecule has 0 aliphatic heterocycles. The average Bonchev–Trinajstić information content (AvgIpc) is 1.88. The molecule has 1 unspecified atom stereocenters. The van der Waals surface area contributed by atoms with Gasteiger partial charge in [-0.1, -0.05) is 19.9 Å². The lowest BCUT2D eigenvalue weighted by Gasteiger charge is -2.08. The molecule has 0 aromatic heterocycles. The first-order chi connectivity index (χ1) is 4.70. The number of rotatable bonds is 4. The molecule has 0 aromatic carbocycles. The van der Waals surface area contributed by atoms with Gasteiger partial charge in [0.15, 0.2) is 0 Å². The summed E-state index contributed by atoms with van der Waals surface area (Å²) in [7, 11) is 0. The lowest BCUT2D eigenvalue weighted by atomic mass is 10.2. The predicted octanol–water partition coefficient (Wildman–Crippen LogP) is 1.72. The van der Waals surface area contributed by atoms with E-state index in [2.05, 4.69) is 13.5 Å². The van der Waals surface area contributed by atoms with E-state index in [0.717, 1.165) is 18.9 Å². The van der Waals surface area contributed by atoms with Crippen molar-refractivity contribution >= 4 is 5.97 Å². The summed E-state index contributed by atoms with van der Waals surface area (Å²) in [5, 5.41) is 0. The van der Waals surface area contributed by atoms with Crippen molar-refractivity contribution in [2.24, 2.45) is 0 Å². The van der Waals surface area contributed by atoms with Gasteiger partial charge < -0.3 is 4.74 Å². The lowest BCUT2D eigenvalue weighted by molar-refractivity contribution is -0.141. The van der Waals surface area contributed by atoms with Gasteiger partial charge in [-0.25, -0.2) is 4.79 Å². The molecule has 0 spiro atoms. The third kappa shape index (κ3) is 4.13. The van der Waals surface area contributed by atoms with Crippen molar-refractivity contribution in [1.29, 1.82) is 0 Å². The van der Waals surface area contributed by atoms with E-state index < -0.39 is 5.97 Å². The summed E-state index contributed by atoms with van der Waals surface area (Å²) < 4.78 is 4.77. The topological polar surface area (TPSA) is 26.3 Å². The second-order valence-corrected chi connectivity index (χ2v) is 2.05. The third-order valence-corrected chi connectivity index (χ3v) is 1.06. The minimum atomic E-state index is -0.395. The van der Waals surface area contributed by atoms with Gasteiger partial charge in [-0.2, -0.15) is 0 Å². The van der Waals surface area contributed by atoms with Gasteiger partial charge in [0.1, 0.15) is 6.10 Å². The van der Waals surface area contributed by atoms with Crippen LogP contribution in [0.1, 0.15) is 19.8 Å². The van der Waals surface area contributed by atoms with Crippen molar-refractivity contribution in [3.8, 4) is 0 Å². The zero-order valence-electron chi connectivity index (χ0n) is 6.30. The molecule has 0 bridgehead atoms. The van der Waals surface area contributed by atoms with Crippen molar-refractivity contribution in [2.45, 2.75) is 25.9 Å². The fourth-order valence-electron chi connectivity index (χ4n) is 0.593. The summed E-state index contributed by atoms with van der Waals surface area (Å²) in [6, 6.07) is 0. The minimum absolute atomic E-state index is 0.226. The molecule has 0 saturated heterocycles. The first-order valence-corrected chi connectivity index (χ1v) is 3.36. The first kappa shape index (κ1) is 9.21. The van der Waals surface area contributed by atoms with E-state index in [1.54, 1.807) is 0 Å². The molecule has 0 rings (SSSR count). The Morgan fingerprint density at radius 3 is 2.80 bits per heavy atom. The first-order valence-electron chi connectivity index (χ1n) is 3.36. The number of hydrogen-bond acceptors (Lipinski definition) is 2. The summed E-state index contributed by atoms with van der Waals surface area (Å²) in [6.07, 6.45) is 2.70. The molecule has 0 aliphatic carbocycles. The van der Waals surface area contributed by atoms with Crippen LogP contribution in [0.4, 0.5) is 0 Å². The smallest absolute Gasteiger partial charge is 0.330 e. The molecular formula is C8H13O2. The molecule has 57 valence electrons. The van der Waals surface area contributed by atoms with E-state index in [-0.39, 0.29) is 6.10 Å². The molecule has 1 atom stereocenters. The van der Waals surface area contributed by atoms with Crippen LogP contribution in [-0.2, 0) is 9.53 Å². The molecule has 0 saturated carbocycles. The number of esters is 1. The minimum Gasteiger partial charge on any atom is -0.459 e. The number of hydrogen-bond donors (Lipinski definition) is 0. The highest BCUT2D eigenvalue weighted by Gasteiger charge is 2.03. The number of ether oxygens (including phenoxy) is 1. The molecule has 2 nitrogen and oxygen atoms in total. The maximum Gasteiger partial charge on any atom is 0.330 e. The largest absolute Gasteiger partial charge is 0.459 e. The van der Waals surface area contributed by atoms with E-state index in [1.165, 1.54) is 0 Å². The van der Waals surface area contributed by atoms with Gasteiger partial charge in [0.2, 0.25) is 0 Å². The van der Waals surface area contributed by atoms with E-state index in [1.807, 2.05) is 6.92 Å². The summed E-state index contributed by atoms with van der Waals surface area (Å²) >= 11 is 0. The van der Waals surface area contributed by atoms with Gasteiger partial charge in [-0.05, 0) is 13.3 Å². The second kappa shape index (κ2) is 5.03. The Hall–Kier alpha value is -0.790.